The summed E-state index contributed by atoms with van der Waals surface area (Å²) in [6, 6.07) is 11.0. The third-order valence-electron chi connectivity index (χ3n) is 5.12. The van der Waals surface area contributed by atoms with E-state index in [0.29, 0.717) is 24.4 Å². The van der Waals surface area contributed by atoms with E-state index in [2.05, 4.69) is 27.4 Å². The molecule has 2 aromatic rings. The van der Waals surface area contributed by atoms with Crippen LogP contribution in [0, 0.1) is 5.92 Å². The third-order valence-corrected chi connectivity index (χ3v) is 5.12. The Balaban J connectivity index is 1.60. The Labute approximate surface area is 171 Å². The summed E-state index contributed by atoms with van der Waals surface area (Å²) in [5.41, 5.74) is 2.47. The molecule has 154 valence electrons. The van der Waals surface area contributed by atoms with E-state index < -0.39 is 0 Å². The monoisotopic (exact) mass is 396 g/mol. The number of pyridine rings is 1. The lowest BCUT2D eigenvalue weighted by Crippen LogP contribution is -2.32. The molecule has 0 spiro atoms. The molecule has 3 rings (SSSR count). The molecule has 1 aromatic heterocycles. The van der Waals surface area contributed by atoms with Gasteiger partial charge >= 0.3 is 0 Å². The molecule has 0 bridgehead atoms. The summed E-state index contributed by atoms with van der Waals surface area (Å²) in [5.74, 6) is 0.173. The van der Waals surface area contributed by atoms with Crippen LogP contribution in [0.15, 0.2) is 42.6 Å². The van der Waals surface area contributed by atoms with Gasteiger partial charge in [-0.2, -0.15) is 0 Å². The SMILES string of the molecule is COCCNC(=O)c1cc(C(=O)Nc2ccc(N3CCC(C)CC3)cc2)ccn1. The number of nitrogens with zero attached hydrogens (tertiary/aromatic N) is 2. The minimum absolute atomic E-state index is 0.198. The molecule has 0 radical (unpaired) electrons. The first-order valence-electron chi connectivity index (χ1n) is 9.96. The average Bonchev–Trinajstić information content (AvgIpc) is 2.75. The zero-order valence-electron chi connectivity index (χ0n) is 17.0. The molecular formula is C22H28N4O3. The maximum absolute atomic E-state index is 12.6. The number of aromatic nitrogens is 1. The van der Waals surface area contributed by atoms with Crippen molar-refractivity contribution in [2.24, 2.45) is 5.92 Å². The molecule has 7 nitrogen and oxygen atoms in total. The predicted molar refractivity (Wildman–Crippen MR) is 113 cm³/mol. The van der Waals surface area contributed by atoms with E-state index in [-0.39, 0.29) is 17.5 Å². The zero-order valence-corrected chi connectivity index (χ0v) is 17.0. The van der Waals surface area contributed by atoms with Crippen LogP contribution >= 0.6 is 0 Å². The highest BCUT2D eigenvalue weighted by molar-refractivity contribution is 6.05. The number of carbonyl (C=O) groups is 2. The fraction of sp³-hybridized carbons (Fsp3) is 0.409. The molecular weight excluding hydrogens is 368 g/mol. The highest BCUT2D eigenvalue weighted by Gasteiger charge is 2.16. The van der Waals surface area contributed by atoms with Gasteiger partial charge in [0.1, 0.15) is 5.69 Å². The Morgan fingerprint density at radius 2 is 1.86 bits per heavy atom. The molecule has 0 unspecified atom stereocenters. The van der Waals surface area contributed by atoms with Crippen molar-refractivity contribution in [1.29, 1.82) is 0 Å². The number of rotatable bonds is 7. The summed E-state index contributed by atoms with van der Waals surface area (Å²) < 4.78 is 4.91. The number of amides is 2. The molecule has 1 aromatic carbocycles. The molecule has 1 saturated heterocycles. The topological polar surface area (TPSA) is 83.6 Å². The molecule has 7 heteroatoms. The lowest BCUT2D eigenvalue weighted by Gasteiger charge is -2.32. The molecule has 0 aliphatic carbocycles. The number of benzene rings is 1. The number of ether oxygens (including phenoxy) is 1. The highest BCUT2D eigenvalue weighted by atomic mass is 16.5. The molecule has 0 saturated carbocycles. The van der Waals surface area contributed by atoms with Gasteiger partial charge in [0.15, 0.2) is 0 Å². The van der Waals surface area contributed by atoms with Crippen LogP contribution < -0.4 is 15.5 Å². The summed E-state index contributed by atoms with van der Waals surface area (Å²) in [5, 5.41) is 5.57. The van der Waals surface area contributed by atoms with Crippen molar-refractivity contribution < 1.29 is 14.3 Å². The summed E-state index contributed by atoms with van der Waals surface area (Å²) >= 11 is 0. The Morgan fingerprint density at radius 1 is 1.14 bits per heavy atom. The summed E-state index contributed by atoms with van der Waals surface area (Å²) in [4.78, 5) is 31.1. The van der Waals surface area contributed by atoms with Gasteiger partial charge in [-0.15, -0.1) is 0 Å². The van der Waals surface area contributed by atoms with Crippen LogP contribution in [0.1, 0.15) is 40.6 Å². The minimum Gasteiger partial charge on any atom is -0.383 e. The number of anilines is 2. The van der Waals surface area contributed by atoms with Gasteiger partial charge in [0, 0.05) is 49.9 Å². The van der Waals surface area contributed by atoms with Crippen molar-refractivity contribution in [3.8, 4) is 0 Å². The second-order valence-electron chi connectivity index (χ2n) is 7.35. The molecule has 2 amide bonds. The number of nitrogens with one attached hydrogen (secondary N) is 2. The molecule has 1 fully saturated rings. The van der Waals surface area contributed by atoms with Crippen molar-refractivity contribution in [2.45, 2.75) is 19.8 Å². The molecule has 0 atom stereocenters. The second kappa shape index (κ2) is 10.0. The zero-order chi connectivity index (χ0) is 20.6. The van der Waals surface area contributed by atoms with Crippen molar-refractivity contribution >= 4 is 23.2 Å². The highest BCUT2D eigenvalue weighted by Crippen LogP contribution is 2.24. The van der Waals surface area contributed by atoms with Gasteiger partial charge in [-0.1, -0.05) is 6.92 Å². The van der Waals surface area contributed by atoms with Crippen LogP contribution in [0.4, 0.5) is 11.4 Å². The smallest absolute Gasteiger partial charge is 0.269 e. The molecule has 2 heterocycles. The first-order chi connectivity index (χ1) is 14.1. The Hall–Kier alpha value is -2.93. The Bertz CT molecular complexity index is 830. The second-order valence-corrected chi connectivity index (χ2v) is 7.35. The van der Waals surface area contributed by atoms with Crippen LogP contribution in [-0.2, 0) is 4.74 Å². The summed E-state index contributed by atoms with van der Waals surface area (Å²) in [6.45, 7) is 5.23. The van der Waals surface area contributed by atoms with Crippen LogP contribution in [0.25, 0.3) is 0 Å². The fourth-order valence-electron chi connectivity index (χ4n) is 3.28. The molecule has 29 heavy (non-hydrogen) atoms. The lowest BCUT2D eigenvalue weighted by atomic mass is 9.99. The van der Waals surface area contributed by atoms with Crippen LogP contribution in [-0.4, -0.2) is 50.1 Å². The van der Waals surface area contributed by atoms with E-state index in [0.717, 1.165) is 19.0 Å². The van der Waals surface area contributed by atoms with Gasteiger partial charge < -0.3 is 20.3 Å². The van der Waals surface area contributed by atoms with Crippen LogP contribution in [0.3, 0.4) is 0 Å². The predicted octanol–water partition coefficient (Wildman–Crippen LogP) is 2.95. The Kier molecular flexibility index (Phi) is 7.19. The first kappa shape index (κ1) is 20.8. The number of methoxy groups -OCH3 is 1. The van der Waals surface area contributed by atoms with Crippen molar-refractivity contribution in [3.63, 3.8) is 0 Å². The Morgan fingerprint density at radius 3 is 2.55 bits per heavy atom. The van der Waals surface area contributed by atoms with E-state index in [9.17, 15) is 9.59 Å². The lowest BCUT2D eigenvalue weighted by molar-refractivity contribution is 0.0932. The normalized spacial score (nSPS) is 14.5. The standard InChI is InChI=1S/C22H28N4O3/c1-16-8-12-26(13-9-16)19-5-3-18(4-6-19)25-21(27)17-7-10-23-20(15-17)22(28)24-11-14-29-2/h3-7,10,15-16H,8-9,11-14H2,1-2H3,(H,24,28)(H,25,27). The molecule has 2 N–H and O–H groups in total. The third kappa shape index (κ3) is 5.77. The van der Waals surface area contributed by atoms with E-state index in [4.69, 9.17) is 4.74 Å². The van der Waals surface area contributed by atoms with Gasteiger partial charge in [-0.05, 0) is 55.2 Å². The summed E-state index contributed by atoms with van der Waals surface area (Å²) in [7, 11) is 1.56. The van der Waals surface area contributed by atoms with Crippen molar-refractivity contribution in [2.75, 3.05) is 43.6 Å². The number of piperidine rings is 1. The molecule has 1 aliphatic heterocycles. The maximum Gasteiger partial charge on any atom is 0.269 e. The minimum atomic E-state index is -0.336. The van der Waals surface area contributed by atoms with E-state index in [1.165, 1.54) is 30.8 Å². The maximum atomic E-state index is 12.6. The first-order valence-corrected chi connectivity index (χ1v) is 9.96. The number of carbonyl (C=O) groups excluding carboxylic acids is 2. The van der Waals surface area contributed by atoms with Crippen LogP contribution in [0.2, 0.25) is 0 Å². The van der Waals surface area contributed by atoms with Crippen LogP contribution in [0.5, 0.6) is 0 Å². The van der Waals surface area contributed by atoms with Gasteiger partial charge in [-0.3, -0.25) is 14.6 Å². The summed E-state index contributed by atoms with van der Waals surface area (Å²) in [6.07, 6.45) is 3.88. The fourth-order valence-corrected chi connectivity index (χ4v) is 3.28. The van der Waals surface area contributed by atoms with E-state index in [1.54, 1.807) is 13.2 Å². The molecule has 1 aliphatic rings. The van der Waals surface area contributed by atoms with Gasteiger partial charge in [-0.25, -0.2) is 0 Å². The van der Waals surface area contributed by atoms with Crippen molar-refractivity contribution in [1.82, 2.24) is 10.3 Å². The van der Waals surface area contributed by atoms with Gasteiger partial charge in [0.25, 0.3) is 11.8 Å². The van der Waals surface area contributed by atoms with E-state index >= 15 is 0 Å². The average molecular weight is 396 g/mol. The van der Waals surface area contributed by atoms with E-state index in [1.807, 2.05) is 24.3 Å². The van der Waals surface area contributed by atoms with Gasteiger partial charge in [0.05, 0.1) is 6.61 Å². The van der Waals surface area contributed by atoms with Gasteiger partial charge in [0.2, 0.25) is 0 Å². The quantitative estimate of drug-likeness (QED) is 0.703. The number of hydrogen-bond acceptors (Lipinski definition) is 5. The largest absolute Gasteiger partial charge is 0.383 e. The number of hydrogen-bond donors (Lipinski definition) is 2. The van der Waals surface area contributed by atoms with Crippen molar-refractivity contribution in [3.05, 3.63) is 53.9 Å².